The highest BCUT2D eigenvalue weighted by molar-refractivity contribution is 5.64. The fraction of sp³-hybridized carbons (Fsp3) is 0.267. The molecule has 3 rings (SSSR count). The van der Waals surface area contributed by atoms with E-state index in [4.69, 9.17) is 5.26 Å². The molecular formula is C15H14N4. The molecule has 0 N–H and O–H groups in total. The van der Waals surface area contributed by atoms with E-state index >= 15 is 0 Å². The molecule has 1 aliphatic rings. The van der Waals surface area contributed by atoms with Gasteiger partial charge in [-0.1, -0.05) is 17.7 Å². The van der Waals surface area contributed by atoms with Crippen LogP contribution in [0.25, 0.3) is 0 Å². The van der Waals surface area contributed by atoms with Crippen molar-refractivity contribution in [1.82, 2.24) is 9.97 Å². The zero-order valence-electron chi connectivity index (χ0n) is 10.8. The van der Waals surface area contributed by atoms with Crippen LogP contribution in [0.5, 0.6) is 0 Å². The van der Waals surface area contributed by atoms with Gasteiger partial charge in [-0.2, -0.15) is 5.26 Å². The van der Waals surface area contributed by atoms with Gasteiger partial charge in [0.15, 0.2) is 0 Å². The van der Waals surface area contributed by atoms with Gasteiger partial charge in [0, 0.05) is 18.4 Å². The summed E-state index contributed by atoms with van der Waals surface area (Å²) in [7, 11) is 0. The van der Waals surface area contributed by atoms with Crippen LogP contribution in [0.1, 0.15) is 23.2 Å². The third-order valence-corrected chi connectivity index (χ3v) is 3.35. The summed E-state index contributed by atoms with van der Waals surface area (Å²) in [4.78, 5) is 10.7. The highest BCUT2D eigenvalue weighted by atomic mass is 15.3. The van der Waals surface area contributed by atoms with E-state index in [-0.39, 0.29) is 0 Å². The number of anilines is 2. The molecule has 2 aromatic rings. The number of rotatable bonds is 1. The maximum atomic E-state index is 8.93. The predicted molar refractivity (Wildman–Crippen MR) is 73.3 cm³/mol. The number of nitrogens with zero attached hydrogens (tertiary/aromatic N) is 4. The van der Waals surface area contributed by atoms with E-state index in [1.807, 2.05) is 0 Å². The van der Waals surface area contributed by atoms with Crippen LogP contribution in [0.4, 0.5) is 11.6 Å². The number of nitriles is 1. The van der Waals surface area contributed by atoms with Gasteiger partial charge in [0.05, 0.1) is 0 Å². The van der Waals surface area contributed by atoms with Gasteiger partial charge in [-0.25, -0.2) is 9.97 Å². The molecule has 1 aromatic carbocycles. The van der Waals surface area contributed by atoms with E-state index in [1.54, 1.807) is 12.3 Å². The number of aryl methyl sites for hydroxylation is 2. The molecular weight excluding hydrogens is 236 g/mol. The molecule has 0 unspecified atom stereocenters. The highest BCUT2D eigenvalue weighted by Gasteiger charge is 2.20. The van der Waals surface area contributed by atoms with Gasteiger partial charge in [0.2, 0.25) is 5.95 Å². The quantitative estimate of drug-likeness (QED) is 0.781. The molecule has 19 heavy (non-hydrogen) atoms. The lowest BCUT2D eigenvalue weighted by Gasteiger charge is -2.29. The van der Waals surface area contributed by atoms with Crippen LogP contribution < -0.4 is 4.90 Å². The fourth-order valence-electron chi connectivity index (χ4n) is 2.47. The summed E-state index contributed by atoms with van der Waals surface area (Å²) in [6, 6.07) is 10.1. The van der Waals surface area contributed by atoms with Crippen molar-refractivity contribution >= 4 is 11.6 Å². The first-order chi connectivity index (χ1) is 9.28. The highest BCUT2D eigenvalue weighted by Crippen LogP contribution is 2.31. The second-order valence-electron chi connectivity index (χ2n) is 4.74. The topological polar surface area (TPSA) is 52.8 Å². The van der Waals surface area contributed by atoms with Gasteiger partial charge < -0.3 is 4.90 Å². The Hall–Kier alpha value is -2.41. The first kappa shape index (κ1) is 11.7. The predicted octanol–water partition coefficient (Wildman–Crippen LogP) is 2.74. The molecule has 4 nitrogen and oxygen atoms in total. The zero-order chi connectivity index (χ0) is 13.2. The lowest BCUT2D eigenvalue weighted by molar-refractivity contribution is 0.749. The first-order valence-corrected chi connectivity index (χ1v) is 6.38. The molecule has 0 amide bonds. The van der Waals surface area contributed by atoms with E-state index in [0.717, 1.165) is 25.1 Å². The van der Waals surface area contributed by atoms with E-state index in [9.17, 15) is 0 Å². The number of hydrogen-bond donors (Lipinski definition) is 0. The molecule has 0 aliphatic carbocycles. The van der Waals surface area contributed by atoms with Crippen molar-refractivity contribution in [3.05, 3.63) is 47.3 Å². The SMILES string of the molecule is Cc1ccc2c(c1)CCCN2c1nccc(C#N)n1. The number of hydrogen-bond acceptors (Lipinski definition) is 4. The minimum absolute atomic E-state index is 0.407. The third-order valence-electron chi connectivity index (χ3n) is 3.35. The Labute approximate surface area is 112 Å². The molecule has 0 bridgehead atoms. The van der Waals surface area contributed by atoms with Crippen molar-refractivity contribution in [2.24, 2.45) is 0 Å². The largest absolute Gasteiger partial charge is 0.310 e. The van der Waals surface area contributed by atoms with Crippen LogP contribution in [-0.2, 0) is 6.42 Å². The lowest BCUT2D eigenvalue weighted by atomic mass is 10.00. The molecule has 2 heterocycles. The van der Waals surface area contributed by atoms with Crippen molar-refractivity contribution < 1.29 is 0 Å². The Kier molecular flexibility index (Phi) is 2.88. The molecule has 0 radical (unpaired) electrons. The summed E-state index contributed by atoms with van der Waals surface area (Å²) in [6.07, 6.45) is 3.81. The van der Waals surface area contributed by atoms with Crippen molar-refractivity contribution in [3.8, 4) is 6.07 Å². The van der Waals surface area contributed by atoms with Gasteiger partial charge in [-0.15, -0.1) is 0 Å². The summed E-state index contributed by atoms with van der Waals surface area (Å²) < 4.78 is 0. The summed E-state index contributed by atoms with van der Waals surface area (Å²) in [5.41, 5.74) is 4.17. The Morgan fingerprint density at radius 2 is 2.21 bits per heavy atom. The molecule has 0 fully saturated rings. The monoisotopic (exact) mass is 250 g/mol. The van der Waals surface area contributed by atoms with Gasteiger partial charge >= 0.3 is 0 Å². The summed E-state index contributed by atoms with van der Waals surface area (Å²) >= 11 is 0. The first-order valence-electron chi connectivity index (χ1n) is 6.38. The average molecular weight is 250 g/mol. The molecule has 4 heteroatoms. The normalized spacial score (nSPS) is 13.8. The maximum absolute atomic E-state index is 8.93. The Balaban J connectivity index is 2.06. The number of fused-ring (bicyclic) bond motifs is 1. The molecule has 0 saturated heterocycles. The van der Waals surface area contributed by atoms with E-state index in [0.29, 0.717) is 11.6 Å². The van der Waals surface area contributed by atoms with Crippen LogP contribution in [0.2, 0.25) is 0 Å². The van der Waals surface area contributed by atoms with Crippen molar-refractivity contribution in [1.29, 1.82) is 5.26 Å². The van der Waals surface area contributed by atoms with Crippen molar-refractivity contribution in [2.45, 2.75) is 19.8 Å². The van der Waals surface area contributed by atoms with E-state index in [1.165, 1.54) is 11.1 Å². The lowest BCUT2D eigenvalue weighted by Crippen LogP contribution is -2.26. The van der Waals surface area contributed by atoms with Crippen molar-refractivity contribution in [3.63, 3.8) is 0 Å². The number of benzene rings is 1. The summed E-state index contributed by atoms with van der Waals surface area (Å²) in [5, 5.41) is 8.93. The Morgan fingerprint density at radius 1 is 1.32 bits per heavy atom. The van der Waals surface area contributed by atoms with Crippen molar-refractivity contribution in [2.75, 3.05) is 11.4 Å². The molecule has 0 saturated carbocycles. The van der Waals surface area contributed by atoms with Crippen LogP contribution in [0, 0.1) is 18.3 Å². The van der Waals surface area contributed by atoms with Crippen LogP contribution in [-0.4, -0.2) is 16.5 Å². The van der Waals surface area contributed by atoms with Gasteiger partial charge in [-0.05, 0) is 37.5 Å². The average Bonchev–Trinajstić information content (AvgIpc) is 2.46. The molecule has 0 spiro atoms. The summed E-state index contributed by atoms with van der Waals surface area (Å²) in [6.45, 7) is 3.00. The third kappa shape index (κ3) is 2.15. The van der Waals surface area contributed by atoms with Gasteiger partial charge in [0.25, 0.3) is 0 Å². The second-order valence-corrected chi connectivity index (χ2v) is 4.74. The maximum Gasteiger partial charge on any atom is 0.231 e. The summed E-state index contributed by atoms with van der Waals surface area (Å²) in [5.74, 6) is 0.615. The molecule has 94 valence electrons. The second kappa shape index (κ2) is 4.69. The Morgan fingerprint density at radius 3 is 3.05 bits per heavy atom. The Bertz CT molecular complexity index is 657. The smallest absolute Gasteiger partial charge is 0.231 e. The number of aromatic nitrogens is 2. The van der Waals surface area contributed by atoms with Gasteiger partial charge in [0.1, 0.15) is 11.8 Å². The minimum Gasteiger partial charge on any atom is -0.310 e. The zero-order valence-corrected chi connectivity index (χ0v) is 10.8. The fourth-order valence-corrected chi connectivity index (χ4v) is 2.47. The molecule has 1 aromatic heterocycles. The van der Waals surface area contributed by atoms with E-state index in [2.05, 4.69) is 46.1 Å². The molecule has 1 aliphatic heterocycles. The minimum atomic E-state index is 0.407. The van der Waals surface area contributed by atoms with Crippen LogP contribution >= 0.6 is 0 Å². The molecule has 0 atom stereocenters. The van der Waals surface area contributed by atoms with Crippen LogP contribution in [0.3, 0.4) is 0 Å². The van der Waals surface area contributed by atoms with Gasteiger partial charge in [-0.3, -0.25) is 0 Å². The van der Waals surface area contributed by atoms with E-state index < -0.39 is 0 Å². The standard InChI is InChI=1S/C15H14N4/c1-11-4-5-14-12(9-11)3-2-8-19(14)15-17-7-6-13(10-16)18-15/h4-7,9H,2-3,8H2,1H3. The van der Waals surface area contributed by atoms with Crippen LogP contribution in [0.15, 0.2) is 30.5 Å².